The summed E-state index contributed by atoms with van der Waals surface area (Å²) in [6, 6.07) is 28.4. The van der Waals surface area contributed by atoms with Gasteiger partial charge in [-0.15, -0.1) is 0 Å². The molecule has 1 fully saturated rings. The van der Waals surface area contributed by atoms with Crippen molar-refractivity contribution in [1.29, 1.82) is 0 Å². The summed E-state index contributed by atoms with van der Waals surface area (Å²) in [6.45, 7) is 11.3. The van der Waals surface area contributed by atoms with Crippen molar-refractivity contribution in [2.75, 3.05) is 11.9 Å². The van der Waals surface area contributed by atoms with Crippen molar-refractivity contribution in [1.82, 2.24) is 9.97 Å². The topological polar surface area (TPSA) is 47.0 Å². The molecule has 3 atom stereocenters. The maximum atomic E-state index is 14.5. The van der Waals surface area contributed by atoms with Crippen molar-refractivity contribution >= 4 is 25.1 Å². The predicted molar refractivity (Wildman–Crippen MR) is 160 cm³/mol. The Kier molecular flexibility index (Phi) is 7.70. The number of benzene rings is 3. The maximum Gasteiger partial charge on any atom is 0.240 e. The van der Waals surface area contributed by atoms with Crippen LogP contribution in [-0.2, 0) is 9.84 Å². The second-order valence-corrected chi connectivity index (χ2v) is 14.2. The van der Waals surface area contributed by atoms with Crippen molar-refractivity contribution in [3.63, 3.8) is 0 Å². The normalized spacial score (nSPS) is 19.6. The Balaban J connectivity index is 1.51. The highest BCUT2D eigenvalue weighted by molar-refractivity contribution is 6.80. The first-order valence-electron chi connectivity index (χ1n) is 13.7. The molecule has 4 nitrogen and oxygen atoms in total. The molecule has 202 valence electrons. The van der Waals surface area contributed by atoms with Gasteiger partial charge in [0.2, 0.25) is 9.04 Å². The molecule has 0 spiro atoms. The number of aryl methyl sites for hydroxylation is 2. The molecule has 1 saturated carbocycles. The third-order valence-corrected chi connectivity index (χ3v) is 10.5. The Labute approximate surface area is 233 Å². The zero-order valence-electron chi connectivity index (χ0n) is 23.5. The Morgan fingerprint density at radius 3 is 2.18 bits per heavy atom. The van der Waals surface area contributed by atoms with Crippen molar-refractivity contribution in [3.8, 4) is 0 Å². The van der Waals surface area contributed by atoms with Crippen LogP contribution in [0.4, 0.5) is 10.1 Å². The van der Waals surface area contributed by atoms with E-state index in [-0.39, 0.29) is 28.7 Å². The van der Waals surface area contributed by atoms with E-state index in [9.17, 15) is 4.39 Å². The summed E-state index contributed by atoms with van der Waals surface area (Å²) in [5.74, 6) is 0.767. The summed E-state index contributed by atoms with van der Waals surface area (Å²) >= 11 is 0. The quantitative estimate of drug-likeness (QED) is 0.283. The minimum Gasteiger partial charge on any atom is -0.407 e. The molecule has 0 bridgehead atoms. The number of hydrogen-bond acceptors (Lipinski definition) is 4. The van der Waals surface area contributed by atoms with Crippen molar-refractivity contribution in [2.24, 2.45) is 11.3 Å². The second-order valence-electron chi connectivity index (χ2n) is 11.9. The van der Waals surface area contributed by atoms with Crippen molar-refractivity contribution < 1.29 is 8.82 Å². The highest BCUT2D eigenvalue weighted by Gasteiger charge is 2.61. The molecule has 1 aromatic heterocycles. The van der Waals surface area contributed by atoms with Gasteiger partial charge in [-0.3, -0.25) is 0 Å². The molecule has 0 saturated heterocycles. The fraction of sp³-hybridized carbons (Fsp3) is 0.333. The maximum absolute atomic E-state index is 14.5. The first-order chi connectivity index (χ1) is 18.7. The zero-order valence-corrected chi connectivity index (χ0v) is 24.6. The van der Waals surface area contributed by atoms with Crippen LogP contribution in [0.5, 0.6) is 0 Å². The summed E-state index contributed by atoms with van der Waals surface area (Å²) in [5, 5.41) is 6.15. The van der Waals surface area contributed by atoms with Gasteiger partial charge in [-0.05, 0) is 59.7 Å². The van der Waals surface area contributed by atoms with Gasteiger partial charge in [0.25, 0.3) is 0 Å². The average molecular weight is 540 g/mol. The van der Waals surface area contributed by atoms with Gasteiger partial charge in [0, 0.05) is 12.0 Å². The zero-order chi connectivity index (χ0) is 27.6. The molecule has 0 aliphatic heterocycles. The van der Waals surface area contributed by atoms with Gasteiger partial charge in [0.15, 0.2) is 0 Å². The fourth-order valence-electron chi connectivity index (χ4n) is 5.83. The van der Waals surface area contributed by atoms with Gasteiger partial charge in [-0.1, -0.05) is 93.6 Å². The van der Waals surface area contributed by atoms with E-state index in [2.05, 4.69) is 103 Å². The monoisotopic (exact) mass is 539 g/mol. The van der Waals surface area contributed by atoms with E-state index in [4.69, 9.17) is 4.43 Å². The smallest absolute Gasteiger partial charge is 0.240 e. The SMILES string of the molecule is Cc1ncc(NC[C@@]2(c3cccc(F)c3)C[C@H]2C(O[SiH](c2ccccc2)c2ccccc2)C(C)(C)C)c(C)n1. The van der Waals surface area contributed by atoms with Crippen LogP contribution in [0.25, 0.3) is 0 Å². The van der Waals surface area contributed by atoms with Gasteiger partial charge < -0.3 is 9.74 Å². The van der Waals surface area contributed by atoms with Crippen LogP contribution in [0.2, 0.25) is 0 Å². The van der Waals surface area contributed by atoms with E-state index in [0.29, 0.717) is 6.54 Å². The summed E-state index contributed by atoms with van der Waals surface area (Å²) < 4.78 is 21.8. The summed E-state index contributed by atoms with van der Waals surface area (Å²) in [7, 11) is -1.99. The van der Waals surface area contributed by atoms with Crippen LogP contribution >= 0.6 is 0 Å². The summed E-state index contributed by atoms with van der Waals surface area (Å²) in [5.41, 5.74) is 2.47. The molecule has 6 heteroatoms. The van der Waals surface area contributed by atoms with Crippen LogP contribution in [0, 0.1) is 31.0 Å². The van der Waals surface area contributed by atoms with Gasteiger partial charge in [-0.25, -0.2) is 14.4 Å². The van der Waals surface area contributed by atoms with E-state index in [1.165, 1.54) is 16.4 Å². The number of nitrogens with one attached hydrogen (secondary N) is 1. The molecule has 1 aliphatic rings. The lowest BCUT2D eigenvalue weighted by molar-refractivity contribution is 0.0625. The molecule has 1 N–H and O–H groups in total. The standard InChI is InChI=1S/C33H38FN3OSi/c1-23-30(21-35-24(2)37-23)36-22-33(25-13-12-14-26(34)19-25)20-29(33)31(32(3,4)5)38-39(27-15-8-6-9-16-27)28-17-10-7-11-18-28/h6-19,21,29,31,36,39H,20,22H2,1-5H3/t29-,31?,33+/m0/s1. The lowest BCUT2D eigenvalue weighted by Gasteiger charge is -2.37. The van der Waals surface area contributed by atoms with E-state index in [1.54, 1.807) is 6.07 Å². The van der Waals surface area contributed by atoms with Crippen LogP contribution in [0.3, 0.4) is 0 Å². The second kappa shape index (κ2) is 11.0. The molecule has 1 unspecified atom stereocenters. The van der Waals surface area contributed by atoms with E-state index in [1.807, 2.05) is 26.1 Å². The minimum atomic E-state index is -1.99. The largest absolute Gasteiger partial charge is 0.407 e. The number of rotatable bonds is 9. The summed E-state index contributed by atoms with van der Waals surface area (Å²) in [6.07, 6.45) is 2.75. The predicted octanol–water partition coefficient (Wildman–Crippen LogP) is 5.57. The van der Waals surface area contributed by atoms with Gasteiger partial charge in [0.1, 0.15) is 11.6 Å². The Hall–Kier alpha value is -3.35. The molecular formula is C33H38FN3OSi. The molecular weight excluding hydrogens is 501 g/mol. The number of halogens is 1. The number of aromatic nitrogens is 2. The Morgan fingerprint density at radius 1 is 0.974 bits per heavy atom. The molecule has 3 aromatic carbocycles. The van der Waals surface area contributed by atoms with Gasteiger partial charge >= 0.3 is 0 Å². The van der Waals surface area contributed by atoms with Gasteiger partial charge in [0.05, 0.1) is 23.7 Å². The van der Waals surface area contributed by atoms with E-state index < -0.39 is 9.04 Å². The van der Waals surface area contributed by atoms with Crippen LogP contribution < -0.4 is 15.7 Å². The number of hydrogen-bond donors (Lipinski definition) is 1. The first kappa shape index (κ1) is 27.2. The number of nitrogens with zero attached hydrogens (tertiary/aromatic N) is 2. The Bertz CT molecular complexity index is 1370. The minimum absolute atomic E-state index is 0.0185. The highest BCUT2D eigenvalue weighted by atomic mass is 28.3. The highest BCUT2D eigenvalue weighted by Crippen LogP contribution is 2.59. The van der Waals surface area contributed by atoms with E-state index >= 15 is 0 Å². The van der Waals surface area contributed by atoms with Crippen molar-refractivity contribution in [3.05, 3.63) is 114 Å². The van der Waals surface area contributed by atoms with Crippen LogP contribution in [-0.4, -0.2) is 31.7 Å². The van der Waals surface area contributed by atoms with Crippen LogP contribution in [0.15, 0.2) is 91.1 Å². The average Bonchev–Trinajstić information content (AvgIpc) is 3.64. The molecule has 0 amide bonds. The third-order valence-electron chi connectivity index (χ3n) is 7.93. The molecule has 5 rings (SSSR count). The Morgan fingerprint density at radius 2 is 1.62 bits per heavy atom. The lowest BCUT2D eigenvalue weighted by atomic mass is 9.81. The van der Waals surface area contributed by atoms with Crippen molar-refractivity contribution in [2.45, 2.75) is 52.6 Å². The first-order valence-corrected chi connectivity index (χ1v) is 15.4. The molecule has 0 radical (unpaired) electrons. The van der Waals surface area contributed by atoms with Gasteiger partial charge in [-0.2, -0.15) is 0 Å². The van der Waals surface area contributed by atoms with Crippen LogP contribution in [0.1, 0.15) is 44.3 Å². The number of anilines is 1. The summed E-state index contributed by atoms with van der Waals surface area (Å²) in [4.78, 5) is 8.92. The molecule has 39 heavy (non-hydrogen) atoms. The molecule has 1 heterocycles. The fourth-order valence-corrected chi connectivity index (χ4v) is 8.56. The lowest BCUT2D eigenvalue weighted by Crippen LogP contribution is -2.51. The third kappa shape index (κ3) is 5.97. The molecule has 1 aliphatic carbocycles. The van der Waals surface area contributed by atoms with E-state index in [0.717, 1.165) is 29.2 Å². The molecule has 4 aromatic rings.